The molecule has 1 aliphatic rings. The molecule has 1 heterocycles. The van der Waals surface area contributed by atoms with Gasteiger partial charge in [0.2, 0.25) is 0 Å². The number of hydrogen-bond donors (Lipinski definition) is 1. The molecule has 1 fully saturated rings. The average Bonchev–Trinajstić information content (AvgIpc) is 3.15. The van der Waals surface area contributed by atoms with Crippen LogP contribution < -0.4 is 5.32 Å². The highest BCUT2D eigenvalue weighted by molar-refractivity contribution is 7.10. The fraction of sp³-hybridized carbons (Fsp3) is 0.444. The van der Waals surface area contributed by atoms with E-state index >= 15 is 0 Å². The van der Waals surface area contributed by atoms with Gasteiger partial charge in [0.15, 0.2) is 0 Å². The summed E-state index contributed by atoms with van der Waals surface area (Å²) in [5.74, 6) is 1.06. The van der Waals surface area contributed by atoms with E-state index in [0.717, 1.165) is 5.92 Å². The molecule has 0 saturated heterocycles. The Morgan fingerprint density at radius 1 is 1.14 bits per heavy atom. The maximum absolute atomic E-state index is 13.2. The van der Waals surface area contributed by atoms with Gasteiger partial charge in [0.05, 0.1) is 0 Å². The summed E-state index contributed by atoms with van der Waals surface area (Å²) in [5.41, 5.74) is 1.17. The van der Waals surface area contributed by atoms with Crippen LogP contribution in [0.15, 0.2) is 41.8 Å². The van der Waals surface area contributed by atoms with Crippen molar-refractivity contribution in [3.05, 3.63) is 58.0 Å². The van der Waals surface area contributed by atoms with Crippen LogP contribution in [0.1, 0.15) is 49.2 Å². The second-order valence-electron chi connectivity index (χ2n) is 6.27. The topological polar surface area (TPSA) is 12.0 Å². The highest BCUT2D eigenvalue weighted by Crippen LogP contribution is 2.44. The van der Waals surface area contributed by atoms with Gasteiger partial charge < -0.3 is 5.32 Å². The Bertz CT molecular complexity index is 557. The molecule has 1 N–H and O–H groups in total. The Morgan fingerprint density at radius 2 is 1.86 bits per heavy atom. The molecule has 0 radical (unpaired) electrons. The summed E-state index contributed by atoms with van der Waals surface area (Å²) in [7, 11) is 0. The fourth-order valence-electron chi connectivity index (χ4n) is 2.89. The standard InChI is InChI=1S/C18H22FNS/c1-12(2)17(13-7-9-15(19)10-8-13)20-18(14-5-6-14)16-4-3-11-21-16/h3-4,7-12,14,17-18,20H,5-6H2,1-2H3. The maximum Gasteiger partial charge on any atom is 0.123 e. The minimum Gasteiger partial charge on any atom is -0.302 e. The van der Waals surface area contributed by atoms with Gasteiger partial charge in [-0.25, -0.2) is 4.39 Å². The largest absolute Gasteiger partial charge is 0.302 e. The highest BCUT2D eigenvalue weighted by atomic mass is 32.1. The molecule has 0 amide bonds. The van der Waals surface area contributed by atoms with Crippen LogP contribution in [0.2, 0.25) is 0 Å². The van der Waals surface area contributed by atoms with E-state index in [9.17, 15) is 4.39 Å². The van der Waals surface area contributed by atoms with Gasteiger partial charge in [-0.2, -0.15) is 0 Å². The summed E-state index contributed by atoms with van der Waals surface area (Å²) >= 11 is 1.83. The second kappa shape index (κ2) is 6.29. The number of benzene rings is 1. The molecule has 1 aromatic heterocycles. The monoisotopic (exact) mass is 303 g/mol. The summed E-state index contributed by atoms with van der Waals surface area (Å²) in [4.78, 5) is 1.42. The molecule has 1 saturated carbocycles. The third kappa shape index (κ3) is 3.53. The van der Waals surface area contributed by atoms with E-state index in [1.54, 1.807) is 12.1 Å². The van der Waals surface area contributed by atoms with Gasteiger partial charge in [-0.05, 0) is 53.8 Å². The van der Waals surface area contributed by atoms with Crippen molar-refractivity contribution in [2.24, 2.45) is 11.8 Å². The molecule has 3 heteroatoms. The Kier molecular flexibility index (Phi) is 4.41. The minimum absolute atomic E-state index is 0.168. The first-order valence-corrected chi connectivity index (χ1v) is 8.58. The predicted molar refractivity (Wildman–Crippen MR) is 86.9 cm³/mol. The Hall–Kier alpha value is -1.19. The van der Waals surface area contributed by atoms with Crippen molar-refractivity contribution in [3.63, 3.8) is 0 Å². The maximum atomic E-state index is 13.2. The van der Waals surface area contributed by atoms with E-state index in [2.05, 4.69) is 36.7 Å². The summed E-state index contributed by atoms with van der Waals surface area (Å²) in [6.07, 6.45) is 2.62. The molecule has 2 atom stereocenters. The van der Waals surface area contributed by atoms with Crippen LogP contribution in [0.3, 0.4) is 0 Å². The Labute approximate surface area is 130 Å². The van der Waals surface area contributed by atoms with Crippen LogP contribution in [0.5, 0.6) is 0 Å². The molecule has 1 aliphatic carbocycles. The zero-order chi connectivity index (χ0) is 14.8. The van der Waals surface area contributed by atoms with Gasteiger partial charge in [0.1, 0.15) is 5.82 Å². The second-order valence-corrected chi connectivity index (χ2v) is 7.25. The van der Waals surface area contributed by atoms with E-state index in [0.29, 0.717) is 12.0 Å². The predicted octanol–water partition coefficient (Wildman–Crippen LogP) is 5.33. The molecule has 0 spiro atoms. The average molecular weight is 303 g/mol. The first-order chi connectivity index (χ1) is 10.1. The third-order valence-electron chi connectivity index (χ3n) is 4.20. The molecule has 2 unspecified atom stereocenters. The molecule has 2 aromatic rings. The van der Waals surface area contributed by atoms with Crippen LogP contribution in [-0.4, -0.2) is 0 Å². The molecule has 0 aliphatic heterocycles. The zero-order valence-electron chi connectivity index (χ0n) is 12.6. The lowest BCUT2D eigenvalue weighted by molar-refractivity contribution is 0.344. The lowest BCUT2D eigenvalue weighted by Crippen LogP contribution is -2.30. The van der Waals surface area contributed by atoms with Crippen molar-refractivity contribution in [1.82, 2.24) is 5.32 Å². The van der Waals surface area contributed by atoms with Crippen molar-refractivity contribution < 1.29 is 4.39 Å². The smallest absolute Gasteiger partial charge is 0.123 e. The fourth-order valence-corrected chi connectivity index (χ4v) is 3.76. The molecule has 21 heavy (non-hydrogen) atoms. The number of nitrogens with one attached hydrogen (secondary N) is 1. The van der Waals surface area contributed by atoms with E-state index in [4.69, 9.17) is 0 Å². The van der Waals surface area contributed by atoms with Crippen molar-refractivity contribution in [3.8, 4) is 0 Å². The number of rotatable bonds is 6. The summed E-state index contributed by atoms with van der Waals surface area (Å²) in [5, 5.41) is 5.99. The van der Waals surface area contributed by atoms with Crippen LogP contribution in [-0.2, 0) is 0 Å². The zero-order valence-corrected chi connectivity index (χ0v) is 13.4. The van der Waals surface area contributed by atoms with Gasteiger partial charge in [0.25, 0.3) is 0 Å². The molecule has 1 aromatic carbocycles. The molecular formula is C18H22FNS. The molecule has 1 nitrogen and oxygen atoms in total. The van der Waals surface area contributed by atoms with Gasteiger partial charge in [-0.15, -0.1) is 11.3 Å². The van der Waals surface area contributed by atoms with E-state index in [1.807, 2.05) is 23.5 Å². The van der Waals surface area contributed by atoms with Crippen LogP contribution >= 0.6 is 11.3 Å². The van der Waals surface area contributed by atoms with Crippen molar-refractivity contribution in [2.45, 2.75) is 38.8 Å². The number of thiophene rings is 1. The van der Waals surface area contributed by atoms with Crippen LogP contribution in [0.4, 0.5) is 4.39 Å². The summed E-state index contributed by atoms with van der Waals surface area (Å²) in [6.45, 7) is 4.44. The van der Waals surface area contributed by atoms with Crippen molar-refractivity contribution in [1.29, 1.82) is 0 Å². The van der Waals surface area contributed by atoms with Gasteiger partial charge in [0, 0.05) is 17.0 Å². The lowest BCUT2D eigenvalue weighted by atomic mass is 9.94. The SMILES string of the molecule is CC(C)C(NC(c1cccs1)C1CC1)c1ccc(F)cc1. The normalized spacial score (nSPS) is 17.9. The van der Waals surface area contributed by atoms with Crippen molar-refractivity contribution in [2.75, 3.05) is 0 Å². The summed E-state index contributed by atoms with van der Waals surface area (Å²) < 4.78 is 13.2. The number of hydrogen-bond acceptors (Lipinski definition) is 2. The van der Waals surface area contributed by atoms with Gasteiger partial charge in [-0.1, -0.05) is 32.0 Å². The highest BCUT2D eigenvalue weighted by Gasteiger charge is 2.35. The Morgan fingerprint density at radius 3 is 2.38 bits per heavy atom. The van der Waals surface area contributed by atoms with Crippen molar-refractivity contribution >= 4 is 11.3 Å². The lowest BCUT2D eigenvalue weighted by Gasteiger charge is -2.28. The van der Waals surface area contributed by atoms with E-state index < -0.39 is 0 Å². The quantitative estimate of drug-likeness (QED) is 0.761. The first kappa shape index (κ1) is 14.7. The minimum atomic E-state index is -0.168. The van der Waals surface area contributed by atoms with Crippen LogP contribution in [0.25, 0.3) is 0 Å². The number of halogens is 1. The van der Waals surface area contributed by atoms with E-state index in [1.165, 1.54) is 23.3 Å². The molecule has 112 valence electrons. The first-order valence-electron chi connectivity index (χ1n) is 7.70. The van der Waals surface area contributed by atoms with E-state index in [-0.39, 0.29) is 11.9 Å². The Balaban J connectivity index is 1.82. The molecule has 3 rings (SSSR count). The summed E-state index contributed by atoms with van der Waals surface area (Å²) in [6, 6.07) is 12.0. The van der Waals surface area contributed by atoms with Gasteiger partial charge in [-0.3, -0.25) is 0 Å². The third-order valence-corrected chi connectivity index (χ3v) is 5.15. The molecular weight excluding hydrogens is 281 g/mol. The molecule has 0 bridgehead atoms. The van der Waals surface area contributed by atoms with Crippen LogP contribution in [0, 0.1) is 17.7 Å². The van der Waals surface area contributed by atoms with Gasteiger partial charge >= 0.3 is 0 Å².